The third kappa shape index (κ3) is 5.32. The molecule has 1 aromatic carbocycles. The van der Waals surface area contributed by atoms with Crippen LogP contribution in [0.3, 0.4) is 0 Å². The predicted octanol–water partition coefficient (Wildman–Crippen LogP) is 4.79. The minimum Gasteiger partial charge on any atom is -0.507 e. The van der Waals surface area contributed by atoms with Gasteiger partial charge >= 0.3 is 0 Å². The molecular formula is C15H22O2S. The van der Waals surface area contributed by atoms with Crippen LogP contribution in [-0.2, 0) is 0 Å². The summed E-state index contributed by atoms with van der Waals surface area (Å²) in [6, 6.07) is 7.30. The molecule has 0 amide bonds. The molecule has 0 heterocycles. The summed E-state index contributed by atoms with van der Waals surface area (Å²) in [5.41, 5.74) is 1.67. The van der Waals surface area contributed by atoms with Gasteiger partial charge in [0.15, 0.2) is 0 Å². The topological polar surface area (TPSA) is 29.5 Å². The Morgan fingerprint density at radius 2 is 1.67 bits per heavy atom. The third-order valence-corrected chi connectivity index (χ3v) is 2.43. The minimum absolute atomic E-state index is 0.298. The standard InChI is InChI=1S/C13H16O2S.C2H6/c1-9(8-10(2)16)13(14)11-4-6-12(15-3)7-5-11;1-2/h4-7,14H,8H2,1-3H3;1-2H3/b13-9+;. The molecule has 0 radical (unpaired) electrons. The number of benzene rings is 1. The number of aliphatic hydroxyl groups excluding tert-OH is 1. The molecule has 0 unspecified atom stereocenters. The minimum atomic E-state index is 0.298. The lowest BCUT2D eigenvalue weighted by Crippen LogP contribution is -1.93. The lowest BCUT2D eigenvalue weighted by atomic mass is 10.1. The van der Waals surface area contributed by atoms with Gasteiger partial charge in [-0.3, -0.25) is 0 Å². The van der Waals surface area contributed by atoms with Crippen LogP contribution in [0.25, 0.3) is 5.76 Å². The Hall–Kier alpha value is -1.35. The van der Waals surface area contributed by atoms with Gasteiger partial charge in [-0.05, 0) is 48.6 Å². The Kier molecular flexibility index (Phi) is 8.05. The molecule has 0 aliphatic heterocycles. The average molecular weight is 266 g/mol. The molecule has 0 aromatic heterocycles. The lowest BCUT2D eigenvalue weighted by Gasteiger charge is -2.07. The zero-order chi connectivity index (χ0) is 14.1. The van der Waals surface area contributed by atoms with E-state index in [0.29, 0.717) is 12.2 Å². The molecule has 0 saturated carbocycles. The number of rotatable bonds is 4. The number of aliphatic hydroxyl groups is 1. The molecule has 1 N–H and O–H groups in total. The summed E-state index contributed by atoms with van der Waals surface area (Å²) in [4.78, 5) is 0.873. The van der Waals surface area contributed by atoms with Crippen LogP contribution in [-0.4, -0.2) is 17.1 Å². The van der Waals surface area contributed by atoms with Crippen LogP contribution in [0.5, 0.6) is 5.75 Å². The quantitative estimate of drug-likeness (QED) is 0.627. The smallest absolute Gasteiger partial charge is 0.122 e. The molecule has 1 aromatic rings. The van der Waals surface area contributed by atoms with Crippen LogP contribution < -0.4 is 4.74 Å². The number of ether oxygens (including phenoxy) is 1. The summed E-state index contributed by atoms with van der Waals surface area (Å²) >= 11 is 5.02. The fourth-order valence-electron chi connectivity index (χ4n) is 1.45. The van der Waals surface area contributed by atoms with Crippen LogP contribution in [0.2, 0.25) is 0 Å². The molecule has 0 fully saturated rings. The van der Waals surface area contributed by atoms with E-state index in [1.165, 1.54) is 0 Å². The van der Waals surface area contributed by atoms with Gasteiger partial charge < -0.3 is 9.84 Å². The molecule has 3 heteroatoms. The van der Waals surface area contributed by atoms with Gasteiger partial charge in [0.1, 0.15) is 11.5 Å². The molecule has 0 aliphatic carbocycles. The van der Waals surface area contributed by atoms with Crippen molar-refractivity contribution in [1.82, 2.24) is 0 Å². The number of hydrogen-bond donors (Lipinski definition) is 1. The number of hydrogen-bond acceptors (Lipinski definition) is 3. The molecule has 0 atom stereocenters. The van der Waals surface area contributed by atoms with Crippen LogP contribution in [0, 0.1) is 0 Å². The lowest BCUT2D eigenvalue weighted by molar-refractivity contribution is 0.414. The highest BCUT2D eigenvalue weighted by atomic mass is 32.1. The summed E-state index contributed by atoms with van der Waals surface area (Å²) in [6.45, 7) is 7.76. The van der Waals surface area contributed by atoms with E-state index in [9.17, 15) is 5.11 Å². The number of thiocarbonyl (C=S) groups is 1. The van der Waals surface area contributed by atoms with Crippen LogP contribution >= 0.6 is 12.2 Å². The van der Waals surface area contributed by atoms with Gasteiger partial charge in [-0.2, -0.15) is 0 Å². The highest BCUT2D eigenvalue weighted by molar-refractivity contribution is 7.80. The van der Waals surface area contributed by atoms with Crippen molar-refractivity contribution in [3.8, 4) is 5.75 Å². The number of allylic oxidation sites excluding steroid dienone is 1. The highest BCUT2D eigenvalue weighted by Gasteiger charge is 2.04. The van der Waals surface area contributed by atoms with Crippen molar-refractivity contribution in [1.29, 1.82) is 0 Å². The van der Waals surface area contributed by atoms with Gasteiger partial charge in [0.25, 0.3) is 0 Å². The van der Waals surface area contributed by atoms with E-state index in [1.54, 1.807) is 7.11 Å². The second-order valence-electron chi connectivity index (χ2n) is 3.74. The van der Waals surface area contributed by atoms with E-state index >= 15 is 0 Å². The van der Waals surface area contributed by atoms with Crippen molar-refractivity contribution >= 4 is 22.8 Å². The first kappa shape index (κ1) is 16.6. The average Bonchev–Trinajstić information content (AvgIpc) is 2.39. The molecular weight excluding hydrogens is 244 g/mol. The second-order valence-corrected chi connectivity index (χ2v) is 4.43. The number of methoxy groups -OCH3 is 1. The maximum absolute atomic E-state index is 9.98. The fourth-order valence-corrected chi connectivity index (χ4v) is 1.67. The molecule has 100 valence electrons. The van der Waals surface area contributed by atoms with E-state index in [-0.39, 0.29) is 0 Å². The molecule has 2 nitrogen and oxygen atoms in total. The monoisotopic (exact) mass is 266 g/mol. The first-order valence-corrected chi connectivity index (χ1v) is 6.48. The zero-order valence-electron chi connectivity index (χ0n) is 11.8. The molecule has 18 heavy (non-hydrogen) atoms. The van der Waals surface area contributed by atoms with Gasteiger partial charge in [-0.1, -0.05) is 26.1 Å². The van der Waals surface area contributed by atoms with Crippen molar-refractivity contribution in [3.05, 3.63) is 35.4 Å². The Balaban J connectivity index is 0.00000137. The Morgan fingerprint density at radius 3 is 2.06 bits per heavy atom. The Morgan fingerprint density at radius 1 is 1.17 bits per heavy atom. The molecule has 0 bridgehead atoms. The Bertz CT molecular complexity index is 405. The normalized spacial score (nSPS) is 10.9. The fraction of sp³-hybridized carbons (Fsp3) is 0.400. The van der Waals surface area contributed by atoms with Gasteiger partial charge in [0.05, 0.1) is 7.11 Å². The molecule has 0 saturated heterocycles. The largest absolute Gasteiger partial charge is 0.507 e. The first-order valence-electron chi connectivity index (χ1n) is 6.07. The summed E-state index contributed by atoms with van der Waals surface area (Å²) < 4.78 is 5.06. The molecule has 0 spiro atoms. The van der Waals surface area contributed by atoms with Crippen molar-refractivity contribution in [2.24, 2.45) is 0 Å². The SMILES string of the molecule is CC.COc1ccc(/C(O)=C(/C)CC(C)=S)cc1. The zero-order valence-corrected chi connectivity index (χ0v) is 12.6. The van der Waals surface area contributed by atoms with Crippen LogP contribution in [0.15, 0.2) is 29.8 Å². The maximum Gasteiger partial charge on any atom is 0.122 e. The third-order valence-electron chi connectivity index (χ3n) is 2.28. The second kappa shape index (κ2) is 8.70. The molecule has 0 aliphatic rings. The van der Waals surface area contributed by atoms with Crippen LogP contribution in [0.4, 0.5) is 0 Å². The summed E-state index contributed by atoms with van der Waals surface area (Å²) in [6.07, 6.45) is 0.646. The summed E-state index contributed by atoms with van der Waals surface area (Å²) in [5.74, 6) is 1.08. The predicted molar refractivity (Wildman–Crippen MR) is 82.5 cm³/mol. The highest BCUT2D eigenvalue weighted by Crippen LogP contribution is 2.21. The maximum atomic E-state index is 9.98. The first-order chi connectivity index (χ1) is 8.54. The van der Waals surface area contributed by atoms with E-state index in [0.717, 1.165) is 21.8 Å². The molecule has 1 rings (SSSR count). The van der Waals surface area contributed by atoms with Gasteiger partial charge in [-0.25, -0.2) is 0 Å². The van der Waals surface area contributed by atoms with E-state index in [2.05, 4.69) is 0 Å². The summed E-state index contributed by atoms with van der Waals surface area (Å²) in [5, 5.41) is 9.98. The van der Waals surface area contributed by atoms with E-state index < -0.39 is 0 Å². The van der Waals surface area contributed by atoms with Crippen molar-refractivity contribution in [3.63, 3.8) is 0 Å². The van der Waals surface area contributed by atoms with Gasteiger partial charge in [0, 0.05) is 12.0 Å². The summed E-state index contributed by atoms with van der Waals surface area (Å²) in [7, 11) is 1.62. The Labute approximate surface area is 115 Å². The van der Waals surface area contributed by atoms with Gasteiger partial charge in [0.2, 0.25) is 0 Å². The van der Waals surface area contributed by atoms with Crippen molar-refractivity contribution in [2.75, 3.05) is 7.11 Å². The van der Waals surface area contributed by atoms with Crippen LogP contribution in [0.1, 0.15) is 39.7 Å². The van der Waals surface area contributed by atoms with E-state index in [1.807, 2.05) is 52.0 Å². The van der Waals surface area contributed by atoms with Crippen molar-refractivity contribution in [2.45, 2.75) is 34.1 Å². The van der Waals surface area contributed by atoms with Crippen molar-refractivity contribution < 1.29 is 9.84 Å². The van der Waals surface area contributed by atoms with Gasteiger partial charge in [-0.15, -0.1) is 0 Å². The van der Waals surface area contributed by atoms with E-state index in [4.69, 9.17) is 17.0 Å².